The summed E-state index contributed by atoms with van der Waals surface area (Å²) in [6.45, 7) is 1.94. The van der Waals surface area contributed by atoms with E-state index >= 15 is 0 Å². The molecule has 0 spiro atoms. The number of hydrogen-bond donors (Lipinski definition) is 1. The quantitative estimate of drug-likeness (QED) is 0.941. The Hall–Kier alpha value is -2.15. The molecule has 1 aromatic heterocycles. The van der Waals surface area contributed by atoms with Gasteiger partial charge < -0.3 is 10.5 Å². The van der Waals surface area contributed by atoms with Gasteiger partial charge in [-0.25, -0.2) is 0 Å². The molecule has 1 heterocycles. The van der Waals surface area contributed by atoms with Gasteiger partial charge in [-0.05, 0) is 36.2 Å². The van der Waals surface area contributed by atoms with Gasteiger partial charge in [0.2, 0.25) is 0 Å². The van der Waals surface area contributed by atoms with E-state index in [0.717, 1.165) is 11.1 Å². The number of halogens is 3. The van der Waals surface area contributed by atoms with E-state index in [4.69, 9.17) is 5.73 Å². The van der Waals surface area contributed by atoms with Gasteiger partial charge in [-0.3, -0.25) is 0 Å². The number of aromatic nitrogens is 2. The largest absolute Gasteiger partial charge is 0.573 e. The number of nitrogens with zero attached hydrogens (tertiary/aromatic N) is 2. The molecule has 0 unspecified atom stereocenters. The first-order valence-corrected chi connectivity index (χ1v) is 5.77. The van der Waals surface area contributed by atoms with E-state index in [9.17, 15) is 13.2 Å². The van der Waals surface area contributed by atoms with E-state index in [1.807, 2.05) is 0 Å². The molecule has 2 aromatic rings. The van der Waals surface area contributed by atoms with E-state index in [1.165, 1.54) is 18.3 Å². The lowest BCUT2D eigenvalue weighted by Gasteiger charge is -2.12. The molecular weight excluding hydrogens is 271 g/mol. The fourth-order valence-corrected chi connectivity index (χ4v) is 1.82. The predicted molar refractivity (Wildman–Crippen MR) is 66.8 cm³/mol. The van der Waals surface area contributed by atoms with Gasteiger partial charge in [-0.1, -0.05) is 6.07 Å². The van der Waals surface area contributed by atoms with Crippen molar-refractivity contribution in [1.29, 1.82) is 0 Å². The minimum Gasteiger partial charge on any atom is -0.406 e. The highest BCUT2D eigenvalue weighted by Gasteiger charge is 2.31. The van der Waals surface area contributed by atoms with Crippen molar-refractivity contribution in [3.63, 3.8) is 0 Å². The maximum atomic E-state index is 12.1. The molecule has 0 atom stereocenters. The zero-order valence-electron chi connectivity index (χ0n) is 10.6. The predicted octanol–water partition coefficient (Wildman–Crippen LogP) is 2.81. The highest BCUT2D eigenvalue weighted by molar-refractivity contribution is 5.67. The summed E-state index contributed by atoms with van der Waals surface area (Å²) < 4.78 is 40.3. The fourth-order valence-electron chi connectivity index (χ4n) is 1.82. The molecule has 2 rings (SSSR count). The summed E-state index contributed by atoms with van der Waals surface area (Å²) >= 11 is 0. The van der Waals surface area contributed by atoms with Gasteiger partial charge in [0.25, 0.3) is 0 Å². The lowest BCUT2D eigenvalue weighted by molar-refractivity contribution is -0.274. The van der Waals surface area contributed by atoms with E-state index in [0.29, 0.717) is 11.3 Å². The zero-order chi connectivity index (χ0) is 14.8. The monoisotopic (exact) mass is 283 g/mol. The number of benzene rings is 1. The summed E-state index contributed by atoms with van der Waals surface area (Å²) in [6.07, 6.45) is -3.16. The second-order valence-electron chi connectivity index (χ2n) is 4.16. The third-order valence-corrected chi connectivity index (χ3v) is 2.66. The molecule has 0 amide bonds. The number of ether oxygens (including phenoxy) is 1. The van der Waals surface area contributed by atoms with Gasteiger partial charge in [0, 0.05) is 12.1 Å². The maximum Gasteiger partial charge on any atom is 0.573 e. The van der Waals surface area contributed by atoms with Crippen molar-refractivity contribution in [3.05, 3.63) is 41.7 Å². The average molecular weight is 283 g/mol. The van der Waals surface area contributed by atoms with Crippen LogP contribution in [0.25, 0.3) is 11.1 Å². The number of nitrogens with two attached hydrogens (primary N) is 1. The van der Waals surface area contributed by atoms with Crippen LogP contribution in [0.5, 0.6) is 5.75 Å². The molecular formula is C13H12F3N3O. The second kappa shape index (κ2) is 5.46. The van der Waals surface area contributed by atoms with Crippen LogP contribution in [0.1, 0.15) is 11.3 Å². The van der Waals surface area contributed by atoms with E-state index in [2.05, 4.69) is 14.9 Å². The lowest BCUT2D eigenvalue weighted by Crippen LogP contribution is -2.17. The molecule has 0 saturated carbocycles. The second-order valence-corrected chi connectivity index (χ2v) is 4.16. The Morgan fingerprint density at radius 3 is 2.60 bits per heavy atom. The Bertz CT molecular complexity index is 614. The zero-order valence-corrected chi connectivity index (χ0v) is 10.6. The minimum absolute atomic E-state index is 0.245. The van der Waals surface area contributed by atoms with Crippen molar-refractivity contribution in [1.82, 2.24) is 10.2 Å². The lowest BCUT2D eigenvalue weighted by atomic mass is 10.0. The SMILES string of the molecule is Cc1cc(OC(F)(F)F)ccc1-c1cnnc(CN)c1. The highest BCUT2D eigenvalue weighted by Crippen LogP contribution is 2.29. The highest BCUT2D eigenvalue weighted by atomic mass is 19.4. The molecule has 0 radical (unpaired) electrons. The van der Waals surface area contributed by atoms with Crippen molar-refractivity contribution >= 4 is 0 Å². The van der Waals surface area contributed by atoms with Crippen molar-refractivity contribution in [3.8, 4) is 16.9 Å². The van der Waals surface area contributed by atoms with Crippen LogP contribution in [0.2, 0.25) is 0 Å². The smallest absolute Gasteiger partial charge is 0.406 e. The molecule has 0 aliphatic heterocycles. The minimum atomic E-state index is -4.70. The summed E-state index contributed by atoms with van der Waals surface area (Å²) in [5.41, 5.74) is 8.23. The molecule has 20 heavy (non-hydrogen) atoms. The molecule has 4 nitrogen and oxygen atoms in total. The summed E-state index contributed by atoms with van der Waals surface area (Å²) in [6, 6.07) is 5.89. The first-order valence-electron chi connectivity index (χ1n) is 5.77. The van der Waals surface area contributed by atoms with Crippen LogP contribution in [0.3, 0.4) is 0 Å². The Balaban J connectivity index is 2.34. The normalized spacial score (nSPS) is 11.4. The van der Waals surface area contributed by atoms with Crippen molar-refractivity contribution in [2.45, 2.75) is 19.8 Å². The Kier molecular flexibility index (Phi) is 3.89. The van der Waals surface area contributed by atoms with E-state index in [-0.39, 0.29) is 12.3 Å². The molecule has 0 bridgehead atoms. The van der Waals surface area contributed by atoms with Crippen LogP contribution >= 0.6 is 0 Å². The number of hydrogen-bond acceptors (Lipinski definition) is 4. The van der Waals surface area contributed by atoms with Gasteiger partial charge >= 0.3 is 6.36 Å². The molecule has 0 fully saturated rings. The summed E-state index contributed by atoms with van der Waals surface area (Å²) in [5, 5.41) is 7.64. The number of rotatable bonds is 3. The Labute approximate surface area is 113 Å². The third kappa shape index (κ3) is 3.45. The summed E-state index contributed by atoms with van der Waals surface area (Å²) in [4.78, 5) is 0. The van der Waals surface area contributed by atoms with Crippen molar-refractivity contribution in [2.24, 2.45) is 5.73 Å². The summed E-state index contributed by atoms with van der Waals surface area (Å²) in [7, 11) is 0. The van der Waals surface area contributed by atoms with Crippen LogP contribution in [0, 0.1) is 6.92 Å². The molecule has 1 aromatic carbocycles. The van der Waals surface area contributed by atoms with Crippen molar-refractivity contribution < 1.29 is 17.9 Å². The Morgan fingerprint density at radius 2 is 2.00 bits per heavy atom. The molecule has 0 saturated heterocycles. The first-order chi connectivity index (χ1) is 9.39. The van der Waals surface area contributed by atoms with Gasteiger partial charge in [-0.2, -0.15) is 10.2 Å². The van der Waals surface area contributed by atoms with Crippen LogP contribution in [-0.4, -0.2) is 16.6 Å². The third-order valence-electron chi connectivity index (χ3n) is 2.66. The fraction of sp³-hybridized carbons (Fsp3) is 0.231. The molecule has 7 heteroatoms. The van der Waals surface area contributed by atoms with Crippen LogP contribution < -0.4 is 10.5 Å². The van der Waals surface area contributed by atoms with Gasteiger partial charge in [0.1, 0.15) is 5.75 Å². The molecule has 0 aliphatic carbocycles. The molecule has 106 valence electrons. The van der Waals surface area contributed by atoms with Gasteiger partial charge in [-0.15, -0.1) is 13.2 Å². The summed E-state index contributed by atoms with van der Waals surface area (Å²) in [5.74, 6) is -0.250. The van der Waals surface area contributed by atoms with E-state index < -0.39 is 6.36 Å². The van der Waals surface area contributed by atoms with Crippen molar-refractivity contribution in [2.75, 3.05) is 0 Å². The maximum absolute atomic E-state index is 12.1. The van der Waals surface area contributed by atoms with Gasteiger partial charge in [0.05, 0.1) is 11.9 Å². The Morgan fingerprint density at radius 1 is 1.25 bits per heavy atom. The molecule has 0 aliphatic rings. The standard InChI is InChI=1S/C13H12F3N3O/c1-8-4-11(20-13(14,15)16)2-3-12(8)9-5-10(6-17)19-18-7-9/h2-5,7H,6,17H2,1H3. The first kappa shape index (κ1) is 14.3. The van der Waals surface area contributed by atoms with Gasteiger partial charge in [0.15, 0.2) is 0 Å². The average Bonchev–Trinajstić information content (AvgIpc) is 2.37. The van der Waals surface area contributed by atoms with Crippen LogP contribution in [0.15, 0.2) is 30.5 Å². The van der Waals surface area contributed by atoms with Crippen LogP contribution in [-0.2, 0) is 6.54 Å². The molecule has 2 N–H and O–H groups in total. The van der Waals surface area contributed by atoms with E-state index in [1.54, 1.807) is 19.1 Å². The van der Waals surface area contributed by atoms with Crippen LogP contribution in [0.4, 0.5) is 13.2 Å². The topological polar surface area (TPSA) is 61.0 Å². The number of aryl methyl sites for hydroxylation is 1. The number of alkyl halides is 3.